The molecule has 0 aromatic heterocycles. The summed E-state index contributed by atoms with van der Waals surface area (Å²) in [6.45, 7) is 0.412. The fraction of sp³-hybridized carbons (Fsp3) is 0.800. The van der Waals surface area contributed by atoms with Crippen LogP contribution in [-0.2, 0) is 0 Å². The van der Waals surface area contributed by atoms with Crippen LogP contribution in [0.2, 0.25) is 0 Å². The van der Waals surface area contributed by atoms with Gasteiger partial charge in [0, 0.05) is 6.61 Å². The highest BCUT2D eigenvalue weighted by Crippen LogP contribution is 2.43. The molecule has 0 aliphatic heterocycles. The molecule has 2 rings (SSSR count). The second-order valence-electron chi connectivity index (χ2n) is 3.89. The van der Waals surface area contributed by atoms with Gasteiger partial charge in [-0.1, -0.05) is 12.2 Å². The summed E-state index contributed by atoms with van der Waals surface area (Å²) in [6, 6.07) is 0. The maximum atomic E-state index is 9.08. The molecule has 0 bridgehead atoms. The van der Waals surface area contributed by atoms with Crippen LogP contribution in [0.5, 0.6) is 0 Å². The normalized spacial score (nSPS) is 42.5. The molecule has 3 atom stereocenters. The van der Waals surface area contributed by atoms with Gasteiger partial charge in [0.15, 0.2) is 0 Å². The second-order valence-corrected chi connectivity index (χ2v) is 3.89. The minimum atomic E-state index is 0.412. The minimum absolute atomic E-state index is 0.412. The summed E-state index contributed by atoms with van der Waals surface area (Å²) in [5.74, 6) is 2.33. The summed E-state index contributed by atoms with van der Waals surface area (Å²) < 4.78 is 0. The molecule has 1 nitrogen and oxygen atoms in total. The van der Waals surface area contributed by atoms with Crippen LogP contribution in [0.15, 0.2) is 12.2 Å². The first-order valence-corrected chi connectivity index (χ1v) is 4.67. The van der Waals surface area contributed by atoms with Gasteiger partial charge in [0.1, 0.15) is 0 Å². The van der Waals surface area contributed by atoms with E-state index in [2.05, 4.69) is 12.2 Å². The van der Waals surface area contributed by atoms with E-state index in [9.17, 15) is 0 Å². The van der Waals surface area contributed by atoms with E-state index >= 15 is 0 Å². The van der Waals surface area contributed by atoms with Crippen molar-refractivity contribution < 1.29 is 5.11 Å². The Hall–Kier alpha value is -0.300. The number of fused-ring (bicyclic) bond motifs is 1. The molecule has 62 valence electrons. The predicted octanol–water partition coefficient (Wildman–Crippen LogP) is 1.97. The largest absolute Gasteiger partial charge is 0.396 e. The zero-order chi connectivity index (χ0) is 7.68. The molecule has 2 aliphatic carbocycles. The van der Waals surface area contributed by atoms with Crippen LogP contribution in [-0.4, -0.2) is 11.7 Å². The summed E-state index contributed by atoms with van der Waals surface area (Å²) in [5.41, 5.74) is 0. The first-order chi connectivity index (χ1) is 5.42. The lowest BCUT2D eigenvalue weighted by Crippen LogP contribution is -2.18. The van der Waals surface area contributed by atoms with Crippen LogP contribution in [0.1, 0.15) is 25.7 Å². The molecule has 0 radical (unpaired) electrons. The molecule has 0 aromatic carbocycles. The van der Waals surface area contributed by atoms with Gasteiger partial charge in [0.2, 0.25) is 0 Å². The number of hydrogen-bond acceptors (Lipinski definition) is 1. The van der Waals surface area contributed by atoms with Gasteiger partial charge in [0.25, 0.3) is 0 Å². The van der Waals surface area contributed by atoms with Crippen molar-refractivity contribution in [3.63, 3.8) is 0 Å². The standard InChI is InChI=1S/C10H16O/c11-7-9-6-5-8-3-1-2-4-10(8)9/h1-2,8-11H,3-7H2. The summed E-state index contributed by atoms with van der Waals surface area (Å²) in [4.78, 5) is 0. The molecule has 0 heterocycles. The van der Waals surface area contributed by atoms with Gasteiger partial charge in [-0.15, -0.1) is 0 Å². The van der Waals surface area contributed by atoms with Gasteiger partial charge in [-0.05, 0) is 43.4 Å². The smallest absolute Gasteiger partial charge is 0.0462 e. The van der Waals surface area contributed by atoms with Crippen molar-refractivity contribution in [2.75, 3.05) is 6.61 Å². The molecular formula is C10H16O. The zero-order valence-electron chi connectivity index (χ0n) is 6.87. The first kappa shape index (κ1) is 7.35. The summed E-state index contributed by atoms with van der Waals surface area (Å²) in [5, 5.41) is 9.08. The number of allylic oxidation sites excluding steroid dienone is 2. The highest BCUT2D eigenvalue weighted by Gasteiger charge is 2.35. The molecule has 3 unspecified atom stereocenters. The van der Waals surface area contributed by atoms with E-state index in [0.717, 1.165) is 11.8 Å². The van der Waals surface area contributed by atoms with Crippen LogP contribution < -0.4 is 0 Å². The van der Waals surface area contributed by atoms with E-state index < -0.39 is 0 Å². The lowest BCUT2D eigenvalue weighted by molar-refractivity contribution is 0.177. The maximum Gasteiger partial charge on any atom is 0.0462 e. The van der Waals surface area contributed by atoms with Crippen LogP contribution in [0, 0.1) is 17.8 Å². The Morgan fingerprint density at radius 2 is 2.00 bits per heavy atom. The quantitative estimate of drug-likeness (QED) is 0.569. The number of aliphatic hydroxyl groups is 1. The van der Waals surface area contributed by atoms with Crippen molar-refractivity contribution in [3.05, 3.63) is 12.2 Å². The topological polar surface area (TPSA) is 20.2 Å². The Morgan fingerprint density at radius 3 is 2.82 bits per heavy atom. The molecular weight excluding hydrogens is 136 g/mol. The maximum absolute atomic E-state index is 9.08. The highest BCUT2D eigenvalue weighted by molar-refractivity contribution is 4.99. The molecule has 0 amide bonds. The summed E-state index contributed by atoms with van der Waals surface area (Å²) >= 11 is 0. The van der Waals surface area contributed by atoms with Crippen molar-refractivity contribution in [1.82, 2.24) is 0 Å². The molecule has 1 N–H and O–H groups in total. The third kappa shape index (κ3) is 1.22. The Labute approximate surface area is 68.1 Å². The molecule has 1 heteroatoms. The van der Waals surface area contributed by atoms with Crippen molar-refractivity contribution in [1.29, 1.82) is 0 Å². The lowest BCUT2D eigenvalue weighted by Gasteiger charge is -2.24. The van der Waals surface area contributed by atoms with E-state index in [1.54, 1.807) is 0 Å². The second kappa shape index (κ2) is 2.98. The molecule has 1 fully saturated rings. The van der Waals surface area contributed by atoms with Crippen LogP contribution in [0.3, 0.4) is 0 Å². The molecule has 2 aliphatic rings. The molecule has 0 saturated heterocycles. The SMILES string of the molecule is OCC1CCC2CC=CCC12. The Bertz CT molecular complexity index is 162. The van der Waals surface area contributed by atoms with Crippen molar-refractivity contribution in [2.45, 2.75) is 25.7 Å². The van der Waals surface area contributed by atoms with Gasteiger partial charge in [-0.2, -0.15) is 0 Å². The van der Waals surface area contributed by atoms with Gasteiger partial charge in [-0.3, -0.25) is 0 Å². The van der Waals surface area contributed by atoms with Gasteiger partial charge < -0.3 is 5.11 Å². The predicted molar refractivity (Wildman–Crippen MR) is 45.2 cm³/mol. The van der Waals surface area contributed by atoms with E-state index in [4.69, 9.17) is 5.11 Å². The minimum Gasteiger partial charge on any atom is -0.396 e. The first-order valence-electron chi connectivity index (χ1n) is 4.67. The monoisotopic (exact) mass is 152 g/mol. The Morgan fingerprint density at radius 1 is 1.18 bits per heavy atom. The van der Waals surface area contributed by atoms with Gasteiger partial charge in [-0.25, -0.2) is 0 Å². The number of rotatable bonds is 1. The van der Waals surface area contributed by atoms with E-state index in [-0.39, 0.29) is 0 Å². The van der Waals surface area contributed by atoms with Gasteiger partial charge >= 0.3 is 0 Å². The average Bonchev–Trinajstić information content (AvgIpc) is 2.47. The summed E-state index contributed by atoms with van der Waals surface area (Å²) in [7, 11) is 0. The highest BCUT2D eigenvalue weighted by atomic mass is 16.3. The van der Waals surface area contributed by atoms with Gasteiger partial charge in [0.05, 0.1) is 0 Å². The van der Waals surface area contributed by atoms with Crippen LogP contribution in [0.25, 0.3) is 0 Å². The van der Waals surface area contributed by atoms with E-state index in [1.165, 1.54) is 25.7 Å². The molecule has 1 saturated carbocycles. The third-order valence-corrected chi connectivity index (χ3v) is 3.37. The number of hydrogen-bond donors (Lipinski definition) is 1. The number of aliphatic hydroxyl groups excluding tert-OH is 1. The fourth-order valence-corrected chi connectivity index (χ4v) is 2.67. The lowest BCUT2D eigenvalue weighted by atomic mass is 9.82. The van der Waals surface area contributed by atoms with Crippen molar-refractivity contribution >= 4 is 0 Å². The Balaban J connectivity index is 2.05. The van der Waals surface area contributed by atoms with Crippen molar-refractivity contribution in [2.24, 2.45) is 17.8 Å². The fourth-order valence-electron chi connectivity index (χ4n) is 2.67. The van der Waals surface area contributed by atoms with E-state index in [0.29, 0.717) is 12.5 Å². The summed E-state index contributed by atoms with van der Waals surface area (Å²) in [6.07, 6.45) is 9.68. The molecule has 0 spiro atoms. The average molecular weight is 152 g/mol. The van der Waals surface area contributed by atoms with Crippen LogP contribution >= 0.6 is 0 Å². The van der Waals surface area contributed by atoms with Crippen molar-refractivity contribution in [3.8, 4) is 0 Å². The van der Waals surface area contributed by atoms with Crippen LogP contribution in [0.4, 0.5) is 0 Å². The zero-order valence-corrected chi connectivity index (χ0v) is 6.87. The van der Waals surface area contributed by atoms with E-state index in [1.807, 2.05) is 0 Å². The molecule has 0 aromatic rings. The Kier molecular flexibility index (Phi) is 1.99. The molecule has 11 heavy (non-hydrogen) atoms. The third-order valence-electron chi connectivity index (χ3n) is 3.37.